The molecule has 0 aromatic heterocycles. The molecule has 1 atom stereocenters. The highest BCUT2D eigenvalue weighted by Gasteiger charge is 2.14. The summed E-state index contributed by atoms with van der Waals surface area (Å²) in [7, 11) is 3.23. The van der Waals surface area contributed by atoms with Crippen molar-refractivity contribution in [1.82, 2.24) is 0 Å². The highest BCUT2D eigenvalue weighted by Crippen LogP contribution is 2.16. The topological polar surface area (TPSA) is 27.7 Å². The van der Waals surface area contributed by atoms with E-state index in [1.807, 2.05) is 0 Å². The lowest BCUT2D eigenvalue weighted by Gasteiger charge is -2.22. The Hall–Kier alpha value is -0.120. The molecule has 0 rings (SSSR count). The van der Waals surface area contributed by atoms with Crippen LogP contribution < -0.4 is 0 Å². The molecule has 0 spiro atoms. The highest BCUT2D eigenvalue weighted by atomic mass is 16.8. The second-order valence-electron chi connectivity index (χ2n) is 5.22. The van der Waals surface area contributed by atoms with E-state index >= 15 is 0 Å². The summed E-state index contributed by atoms with van der Waals surface area (Å²) in [5, 5.41) is 0. The monoisotopic (exact) mass is 274 g/mol. The molecule has 0 heterocycles. The van der Waals surface area contributed by atoms with Gasteiger partial charge in [0.25, 0.3) is 6.48 Å². The van der Waals surface area contributed by atoms with Crippen LogP contribution in [0.3, 0.4) is 0 Å². The normalized spacial score (nSPS) is 13.1. The minimum Gasteiger partial charge on any atom is -0.333 e. The predicted molar refractivity (Wildman–Crippen MR) is 80.2 cm³/mol. The molecule has 0 radical (unpaired) electrons. The number of hydrogen-bond acceptors (Lipinski definition) is 3. The van der Waals surface area contributed by atoms with Gasteiger partial charge in [-0.15, -0.1) is 0 Å². The maximum absolute atomic E-state index is 5.79. The van der Waals surface area contributed by atoms with Gasteiger partial charge in [0.05, 0.1) is 6.10 Å². The third-order valence-electron chi connectivity index (χ3n) is 3.43. The number of ether oxygens (including phenoxy) is 3. The lowest BCUT2D eigenvalue weighted by Crippen LogP contribution is -2.25. The lowest BCUT2D eigenvalue weighted by molar-refractivity contribution is -0.285. The summed E-state index contributed by atoms with van der Waals surface area (Å²) in [5.41, 5.74) is 0. The molecule has 0 aromatic carbocycles. The van der Waals surface area contributed by atoms with Gasteiger partial charge < -0.3 is 14.2 Å². The van der Waals surface area contributed by atoms with E-state index in [9.17, 15) is 0 Å². The van der Waals surface area contributed by atoms with Crippen molar-refractivity contribution in [1.29, 1.82) is 0 Å². The standard InChI is InChI=1S/C16H34O3/c1-5-7-8-9-10-11-12-14-15(13-6-2)19-16(17-3)18-4/h15-16H,5-14H2,1-4H3. The molecule has 3 nitrogen and oxygen atoms in total. The first-order valence-corrected chi connectivity index (χ1v) is 7.99. The van der Waals surface area contributed by atoms with Gasteiger partial charge in [0.2, 0.25) is 0 Å². The number of hydrogen-bond donors (Lipinski definition) is 0. The Morgan fingerprint density at radius 1 is 0.684 bits per heavy atom. The Morgan fingerprint density at radius 3 is 1.79 bits per heavy atom. The van der Waals surface area contributed by atoms with Crippen molar-refractivity contribution in [3.8, 4) is 0 Å². The summed E-state index contributed by atoms with van der Waals surface area (Å²) in [6.07, 6.45) is 13.0. The zero-order valence-electron chi connectivity index (χ0n) is 13.5. The van der Waals surface area contributed by atoms with E-state index in [-0.39, 0.29) is 6.10 Å². The molecular weight excluding hydrogens is 240 g/mol. The van der Waals surface area contributed by atoms with Crippen molar-refractivity contribution >= 4 is 0 Å². The van der Waals surface area contributed by atoms with Crippen molar-refractivity contribution in [3.63, 3.8) is 0 Å². The molecule has 0 saturated carbocycles. The molecule has 116 valence electrons. The molecule has 0 aliphatic heterocycles. The minimum absolute atomic E-state index is 0.269. The summed E-state index contributed by atoms with van der Waals surface area (Å²) in [6, 6.07) is 0. The first-order chi connectivity index (χ1) is 9.28. The van der Waals surface area contributed by atoms with Gasteiger partial charge >= 0.3 is 0 Å². The number of unbranched alkanes of at least 4 members (excludes halogenated alkanes) is 6. The quantitative estimate of drug-likeness (QED) is 0.333. The van der Waals surface area contributed by atoms with E-state index in [4.69, 9.17) is 14.2 Å². The van der Waals surface area contributed by atoms with Crippen molar-refractivity contribution in [2.75, 3.05) is 14.2 Å². The van der Waals surface area contributed by atoms with Gasteiger partial charge in [-0.1, -0.05) is 65.2 Å². The van der Waals surface area contributed by atoms with Gasteiger partial charge in [0.15, 0.2) is 0 Å². The van der Waals surface area contributed by atoms with Gasteiger partial charge in [-0.25, -0.2) is 0 Å². The second kappa shape index (κ2) is 14.3. The summed E-state index contributed by atoms with van der Waals surface area (Å²) >= 11 is 0. The fraction of sp³-hybridized carbons (Fsp3) is 1.00. The van der Waals surface area contributed by atoms with Crippen LogP contribution in [0, 0.1) is 0 Å². The van der Waals surface area contributed by atoms with E-state index < -0.39 is 6.48 Å². The van der Waals surface area contributed by atoms with Crippen molar-refractivity contribution in [2.45, 2.75) is 90.6 Å². The molecule has 0 aromatic rings. The Kier molecular flexibility index (Phi) is 14.2. The van der Waals surface area contributed by atoms with Crippen molar-refractivity contribution in [3.05, 3.63) is 0 Å². The van der Waals surface area contributed by atoms with E-state index in [1.165, 1.54) is 44.9 Å². The Morgan fingerprint density at radius 2 is 1.26 bits per heavy atom. The smallest absolute Gasteiger partial charge is 0.271 e. The van der Waals surface area contributed by atoms with Crippen LogP contribution in [-0.2, 0) is 14.2 Å². The van der Waals surface area contributed by atoms with Crippen LogP contribution in [0.5, 0.6) is 0 Å². The summed E-state index contributed by atoms with van der Waals surface area (Å²) in [5.74, 6) is 0. The minimum atomic E-state index is -0.513. The largest absolute Gasteiger partial charge is 0.333 e. The van der Waals surface area contributed by atoms with Crippen LogP contribution in [-0.4, -0.2) is 26.8 Å². The fourth-order valence-electron chi connectivity index (χ4n) is 2.30. The molecular formula is C16H34O3. The summed E-state index contributed by atoms with van der Waals surface area (Å²) in [6.45, 7) is 3.94. The zero-order valence-corrected chi connectivity index (χ0v) is 13.5. The predicted octanol–water partition coefficient (Wildman–Crippen LogP) is 4.89. The average Bonchev–Trinajstić information content (AvgIpc) is 2.43. The fourth-order valence-corrected chi connectivity index (χ4v) is 2.30. The second-order valence-corrected chi connectivity index (χ2v) is 5.22. The zero-order chi connectivity index (χ0) is 14.3. The third kappa shape index (κ3) is 11.4. The van der Waals surface area contributed by atoms with Crippen LogP contribution >= 0.6 is 0 Å². The van der Waals surface area contributed by atoms with Gasteiger partial charge in [-0.3, -0.25) is 0 Å². The SMILES string of the molecule is CCCCCCCCCC(CCC)OC(OC)OC. The summed E-state index contributed by atoms with van der Waals surface area (Å²) < 4.78 is 16.0. The van der Waals surface area contributed by atoms with Crippen molar-refractivity contribution in [2.24, 2.45) is 0 Å². The van der Waals surface area contributed by atoms with Crippen LogP contribution in [0.4, 0.5) is 0 Å². The molecule has 3 heteroatoms. The van der Waals surface area contributed by atoms with Gasteiger partial charge in [0, 0.05) is 14.2 Å². The Balaban J connectivity index is 3.64. The van der Waals surface area contributed by atoms with Crippen LogP contribution in [0.15, 0.2) is 0 Å². The van der Waals surface area contributed by atoms with Crippen LogP contribution in [0.25, 0.3) is 0 Å². The Bertz CT molecular complexity index is 169. The van der Waals surface area contributed by atoms with E-state index in [0.717, 1.165) is 19.3 Å². The molecule has 0 amide bonds. The highest BCUT2D eigenvalue weighted by molar-refractivity contribution is 4.58. The molecule has 0 saturated heterocycles. The Labute approximate surface area is 120 Å². The molecule has 19 heavy (non-hydrogen) atoms. The average molecular weight is 274 g/mol. The first kappa shape index (κ1) is 18.9. The maximum atomic E-state index is 5.79. The van der Waals surface area contributed by atoms with Gasteiger partial charge in [-0.05, 0) is 12.8 Å². The van der Waals surface area contributed by atoms with Crippen LogP contribution in [0.2, 0.25) is 0 Å². The molecule has 0 fully saturated rings. The van der Waals surface area contributed by atoms with Gasteiger partial charge in [0.1, 0.15) is 0 Å². The number of methoxy groups -OCH3 is 2. The van der Waals surface area contributed by atoms with Crippen molar-refractivity contribution < 1.29 is 14.2 Å². The molecule has 0 aliphatic carbocycles. The molecule has 1 unspecified atom stereocenters. The molecule has 0 bridgehead atoms. The molecule has 0 aliphatic rings. The first-order valence-electron chi connectivity index (χ1n) is 7.99. The summed E-state index contributed by atoms with van der Waals surface area (Å²) in [4.78, 5) is 0. The third-order valence-corrected chi connectivity index (χ3v) is 3.43. The van der Waals surface area contributed by atoms with E-state index in [0.29, 0.717) is 0 Å². The maximum Gasteiger partial charge on any atom is 0.271 e. The lowest BCUT2D eigenvalue weighted by atomic mass is 10.0. The van der Waals surface area contributed by atoms with E-state index in [1.54, 1.807) is 14.2 Å². The number of rotatable bonds is 14. The van der Waals surface area contributed by atoms with E-state index in [2.05, 4.69) is 13.8 Å². The van der Waals surface area contributed by atoms with Gasteiger partial charge in [-0.2, -0.15) is 0 Å². The van der Waals surface area contributed by atoms with Crippen LogP contribution in [0.1, 0.15) is 78.1 Å². The molecule has 0 N–H and O–H groups in total.